The number of anilines is 1. The molecule has 0 aliphatic heterocycles. The quantitative estimate of drug-likeness (QED) is 0.370. The van der Waals surface area contributed by atoms with Crippen molar-refractivity contribution in [3.05, 3.63) is 71.3 Å². The number of thioether (sulfide) groups is 1. The monoisotopic (exact) mass is 463 g/mol. The number of carbonyl (C=O) groups excluding carboxylic acids is 2. The molecule has 0 saturated heterocycles. The topological polar surface area (TPSA) is 91.0 Å². The fraction of sp³-hybridized carbons (Fsp3) is 0.238. The highest BCUT2D eigenvalue weighted by molar-refractivity contribution is 7.98. The molecule has 0 radical (unpaired) electrons. The number of halogens is 3. The Kier molecular flexibility index (Phi) is 7.87. The maximum atomic E-state index is 13.8. The van der Waals surface area contributed by atoms with Gasteiger partial charge >= 0.3 is 0 Å². The summed E-state index contributed by atoms with van der Waals surface area (Å²) in [5.41, 5.74) is 0.863. The van der Waals surface area contributed by atoms with Crippen LogP contribution in [0.2, 0.25) is 0 Å². The Balaban J connectivity index is 1.63. The standard InChI is InChI=1S/C21H20F3N5O2S/c1-2-9-29(10-17(30)27-16-8-7-15(22)18(23)19(16)24)20(31)14-5-3-13(4-6-14)11-32-21-25-12-26-28-21/h3-8,12H,2,9-11H2,1H3,(H,27,30)(H,25,26,28). The fourth-order valence-corrected chi connectivity index (χ4v) is 3.58. The summed E-state index contributed by atoms with van der Waals surface area (Å²) in [5, 5.41) is 9.39. The smallest absolute Gasteiger partial charge is 0.254 e. The minimum Gasteiger partial charge on any atom is -0.329 e. The second-order valence-electron chi connectivity index (χ2n) is 6.77. The number of aromatic nitrogens is 3. The molecule has 0 aliphatic rings. The minimum atomic E-state index is -1.68. The highest BCUT2D eigenvalue weighted by Crippen LogP contribution is 2.21. The molecule has 1 heterocycles. The predicted molar refractivity (Wildman–Crippen MR) is 114 cm³/mol. The number of nitrogens with zero attached hydrogens (tertiary/aromatic N) is 3. The lowest BCUT2D eigenvalue weighted by atomic mass is 10.1. The number of aromatic amines is 1. The van der Waals surface area contributed by atoms with Gasteiger partial charge in [0.25, 0.3) is 5.91 Å². The second-order valence-corrected chi connectivity index (χ2v) is 7.74. The Hall–Kier alpha value is -3.34. The van der Waals surface area contributed by atoms with Gasteiger partial charge in [0, 0.05) is 17.9 Å². The van der Waals surface area contributed by atoms with E-state index in [0.29, 0.717) is 29.0 Å². The number of nitrogens with one attached hydrogen (secondary N) is 2. The summed E-state index contributed by atoms with van der Waals surface area (Å²) in [6.07, 6.45) is 2.01. The lowest BCUT2D eigenvalue weighted by Crippen LogP contribution is -2.38. The van der Waals surface area contributed by atoms with Crippen molar-refractivity contribution in [1.82, 2.24) is 20.1 Å². The molecule has 2 N–H and O–H groups in total. The van der Waals surface area contributed by atoms with E-state index in [4.69, 9.17) is 0 Å². The average molecular weight is 463 g/mol. The van der Waals surface area contributed by atoms with Gasteiger partial charge in [-0.05, 0) is 36.2 Å². The summed E-state index contributed by atoms with van der Waals surface area (Å²) < 4.78 is 40.2. The van der Waals surface area contributed by atoms with Gasteiger partial charge in [-0.2, -0.15) is 5.10 Å². The number of benzene rings is 2. The van der Waals surface area contributed by atoms with Crippen molar-refractivity contribution >= 4 is 29.3 Å². The predicted octanol–water partition coefficient (Wildman–Crippen LogP) is 4.01. The third-order valence-electron chi connectivity index (χ3n) is 4.39. The van der Waals surface area contributed by atoms with Gasteiger partial charge in [0.05, 0.1) is 5.69 Å². The van der Waals surface area contributed by atoms with Crippen LogP contribution in [0.3, 0.4) is 0 Å². The van der Waals surface area contributed by atoms with E-state index in [0.717, 1.165) is 11.6 Å². The summed E-state index contributed by atoms with van der Waals surface area (Å²) in [5.74, 6) is -4.99. The molecule has 0 saturated carbocycles. The summed E-state index contributed by atoms with van der Waals surface area (Å²) in [7, 11) is 0. The normalized spacial score (nSPS) is 10.8. The molecule has 0 bridgehead atoms. The van der Waals surface area contributed by atoms with Crippen molar-refractivity contribution in [3.63, 3.8) is 0 Å². The Morgan fingerprint density at radius 3 is 2.50 bits per heavy atom. The summed E-state index contributed by atoms with van der Waals surface area (Å²) in [6.45, 7) is 1.76. The number of hydrogen-bond acceptors (Lipinski definition) is 5. The highest BCUT2D eigenvalue weighted by Gasteiger charge is 2.20. The molecule has 3 aromatic rings. The third kappa shape index (κ3) is 5.88. The van der Waals surface area contributed by atoms with Crippen molar-refractivity contribution in [2.24, 2.45) is 0 Å². The number of H-pyrrole nitrogens is 1. The molecule has 0 atom stereocenters. The Labute approximate surface area is 186 Å². The van der Waals surface area contributed by atoms with E-state index in [1.54, 1.807) is 24.3 Å². The van der Waals surface area contributed by atoms with E-state index in [1.807, 2.05) is 6.92 Å². The van der Waals surface area contributed by atoms with Crippen LogP contribution in [-0.2, 0) is 10.5 Å². The van der Waals surface area contributed by atoms with Crippen molar-refractivity contribution in [1.29, 1.82) is 0 Å². The van der Waals surface area contributed by atoms with E-state index >= 15 is 0 Å². The number of hydrogen-bond donors (Lipinski definition) is 2. The van der Waals surface area contributed by atoms with Crippen LogP contribution in [0.5, 0.6) is 0 Å². The van der Waals surface area contributed by atoms with Gasteiger partial charge in [-0.3, -0.25) is 14.7 Å². The Morgan fingerprint density at radius 1 is 1.09 bits per heavy atom. The number of rotatable bonds is 9. The molecule has 7 nitrogen and oxygen atoms in total. The van der Waals surface area contributed by atoms with Gasteiger partial charge in [-0.1, -0.05) is 30.8 Å². The zero-order valence-electron chi connectivity index (χ0n) is 17.1. The van der Waals surface area contributed by atoms with E-state index < -0.39 is 29.0 Å². The van der Waals surface area contributed by atoms with Crippen molar-refractivity contribution < 1.29 is 22.8 Å². The Morgan fingerprint density at radius 2 is 1.84 bits per heavy atom. The van der Waals surface area contributed by atoms with Gasteiger partial charge in [-0.15, -0.1) is 0 Å². The summed E-state index contributed by atoms with van der Waals surface area (Å²) in [4.78, 5) is 30.5. The molecule has 0 unspecified atom stereocenters. The molecule has 3 rings (SSSR count). The van der Waals surface area contributed by atoms with E-state index in [9.17, 15) is 22.8 Å². The second kappa shape index (κ2) is 10.8. The highest BCUT2D eigenvalue weighted by atomic mass is 32.2. The first-order chi connectivity index (χ1) is 15.4. The van der Waals surface area contributed by atoms with Crippen molar-refractivity contribution in [2.45, 2.75) is 24.3 Å². The van der Waals surface area contributed by atoms with Crippen LogP contribution in [-0.4, -0.2) is 45.0 Å². The molecule has 2 aromatic carbocycles. The van der Waals surface area contributed by atoms with Gasteiger partial charge < -0.3 is 10.2 Å². The van der Waals surface area contributed by atoms with Crippen LogP contribution < -0.4 is 5.32 Å². The molecule has 1 aromatic heterocycles. The zero-order chi connectivity index (χ0) is 23.1. The van der Waals surface area contributed by atoms with Crippen LogP contribution in [0.15, 0.2) is 47.9 Å². The Bertz CT molecular complexity index is 1080. The lowest BCUT2D eigenvalue weighted by molar-refractivity contribution is -0.116. The minimum absolute atomic E-state index is 0.287. The number of carbonyl (C=O) groups is 2. The van der Waals surface area contributed by atoms with E-state index in [-0.39, 0.29) is 19.0 Å². The van der Waals surface area contributed by atoms with E-state index in [1.165, 1.54) is 23.0 Å². The first-order valence-electron chi connectivity index (χ1n) is 9.68. The molecule has 11 heteroatoms. The maximum absolute atomic E-state index is 13.8. The molecule has 2 amide bonds. The van der Waals surface area contributed by atoms with Crippen molar-refractivity contribution in [3.8, 4) is 0 Å². The number of amides is 2. The van der Waals surface area contributed by atoms with Gasteiger partial charge in [0.15, 0.2) is 22.6 Å². The van der Waals surface area contributed by atoms with Gasteiger partial charge in [0.1, 0.15) is 12.9 Å². The van der Waals surface area contributed by atoms with Crippen molar-refractivity contribution in [2.75, 3.05) is 18.4 Å². The first kappa shape index (κ1) is 23.3. The van der Waals surface area contributed by atoms with Gasteiger partial charge in [0.2, 0.25) is 5.91 Å². The van der Waals surface area contributed by atoms with Crippen LogP contribution in [0.4, 0.5) is 18.9 Å². The molecule has 0 fully saturated rings. The van der Waals surface area contributed by atoms with Crippen LogP contribution >= 0.6 is 11.8 Å². The molecule has 32 heavy (non-hydrogen) atoms. The molecular formula is C21H20F3N5O2S. The summed E-state index contributed by atoms with van der Waals surface area (Å²) in [6, 6.07) is 8.57. The van der Waals surface area contributed by atoms with Gasteiger partial charge in [-0.25, -0.2) is 18.2 Å². The maximum Gasteiger partial charge on any atom is 0.254 e. The third-order valence-corrected chi connectivity index (χ3v) is 5.34. The fourth-order valence-electron chi connectivity index (χ4n) is 2.85. The molecule has 168 valence electrons. The SMILES string of the molecule is CCCN(CC(=O)Nc1ccc(F)c(F)c1F)C(=O)c1ccc(CSc2ncn[nH]2)cc1. The summed E-state index contributed by atoms with van der Waals surface area (Å²) >= 11 is 1.46. The van der Waals surface area contributed by atoms with Crippen LogP contribution in [0, 0.1) is 17.5 Å². The molecule has 0 spiro atoms. The molecule has 0 aliphatic carbocycles. The van der Waals surface area contributed by atoms with Crippen LogP contribution in [0.1, 0.15) is 29.3 Å². The average Bonchev–Trinajstić information content (AvgIpc) is 3.31. The molecular weight excluding hydrogens is 443 g/mol. The zero-order valence-corrected chi connectivity index (χ0v) is 17.9. The largest absolute Gasteiger partial charge is 0.329 e. The van der Waals surface area contributed by atoms with E-state index in [2.05, 4.69) is 20.5 Å². The first-order valence-corrected chi connectivity index (χ1v) is 10.7. The lowest BCUT2D eigenvalue weighted by Gasteiger charge is -2.22. The van der Waals surface area contributed by atoms with Crippen LogP contribution in [0.25, 0.3) is 0 Å².